The summed E-state index contributed by atoms with van der Waals surface area (Å²) < 4.78 is 0. The molecule has 0 saturated carbocycles. The molecule has 3 amide bonds. The number of piperidine rings is 1. The molecule has 3 atom stereocenters. The fourth-order valence-electron chi connectivity index (χ4n) is 3.71. The minimum absolute atomic E-state index is 0.0889. The molecule has 4 N–H and O–H groups in total. The SMILES string of the molecule is NCC(=O)N[C@H]1CCC2CCC(C(=O)NCc3ccccc3)N2C1=O. The van der Waals surface area contributed by atoms with E-state index in [4.69, 9.17) is 5.73 Å². The van der Waals surface area contributed by atoms with Gasteiger partial charge in [-0.1, -0.05) is 30.3 Å². The molecule has 0 radical (unpaired) electrons. The summed E-state index contributed by atoms with van der Waals surface area (Å²) in [6.07, 6.45) is 2.88. The number of carbonyl (C=O) groups excluding carboxylic acids is 3. The molecule has 134 valence electrons. The van der Waals surface area contributed by atoms with Crippen molar-refractivity contribution in [2.75, 3.05) is 6.54 Å². The zero-order chi connectivity index (χ0) is 17.8. The number of rotatable bonds is 5. The first kappa shape index (κ1) is 17.4. The van der Waals surface area contributed by atoms with Crippen LogP contribution in [0.2, 0.25) is 0 Å². The Kier molecular flexibility index (Phi) is 5.33. The molecular formula is C18H24N4O3. The van der Waals surface area contributed by atoms with E-state index in [-0.39, 0.29) is 30.3 Å². The van der Waals surface area contributed by atoms with Gasteiger partial charge in [-0.05, 0) is 31.2 Å². The van der Waals surface area contributed by atoms with E-state index in [1.54, 1.807) is 4.90 Å². The number of carbonyl (C=O) groups is 3. The van der Waals surface area contributed by atoms with Crippen LogP contribution < -0.4 is 16.4 Å². The maximum atomic E-state index is 12.7. The standard InChI is InChI=1S/C18H24N4O3/c19-10-16(23)21-14-8-6-13-7-9-15(22(13)18(14)25)17(24)20-11-12-4-2-1-3-5-12/h1-5,13-15H,6-11,19H2,(H,20,24)(H,21,23)/t13?,14-,15?/m0/s1. The van der Waals surface area contributed by atoms with Crippen LogP contribution in [-0.4, -0.2) is 47.3 Å². The summed E-state index contributed by atoms with van der Waals surface area (Å²) in [5, 5.41) is 5.58. The topological polar surface area (TPSA) is 105 Å². The van der Waals surface area contributed by atoms with Crippen LogP contribution in [0, 0.1) is 0 Å². The van der Waals surface area contributed by atoms with Crippen molar-refractivity contribution in [3.05, 3.63) is 35.9 Å². The van der Waals surface area contributed by atoms with Gasteiger partial charge >= 0.3 is 0 Å². The Morgan fingerprint density at radius 2 is 1.84 bits per heavy atom. The maximum absolute atomic E-state index is 12.7. The van der Waals surface area contributed by atoms with Crippen molar-refractivity contribution < 1.29 is 14.4 Å². The van der Waals surface area contributed by atoms with Crippen LogP contribution in [0.4, 0.5) is 0 Å². The second-order valence-corrected chi connectivity index (χ2v) is 6.60. The van der Waals surface area contributed by atoms with Crippen LogP contribution in [0.15, 0.2) is 30.3 Å². The second kappa shape index (κ2) is 7.65. The van der Waals surface area contributed by atoms with Gasteiger partial charge in [-0.25, -0.2) is 0 Å². The molecular weight excluding hydrogens is 320 g/mol. The molecule has 2 saturated heterocycles. The van der Waals surface area contributed by atoms with Crippen LogP contribution in [0.5, 0.6) is 0 Å². The molecule has 1 aromatic rings. The molecule has 2 fully saturated rings. The minimum atomic E-state index is -0.574. The molecule has 7 heteroatoms. The zero-order valence-electron chi connectivity index (χ0n) is 14.1. The van der Waals surface area contributed by atoms with Gasteiger partial charge in [-0.2, -0.15) is 0 Å². The summed E-state index contributed by atoms with van der Waals surface area (Å²) in [7, 11) is 0. The van der Waals surface area contributed by atoms with Gasteiger partial charge in [0.15, 0.2) is 0 Å². The fraction of sp³-hybridized carbons (Fsp3) is 0.500. The van der Waals surface area contributed by atoms with Crippen LogP contribution in [-0.2, 0) is 20.9 Å². The van der Waals surface area contributed by atoms with Gasteiger partial charge in [0.2, 0.25) is 17.7 Å². The van der Waals surface area contributed by atoms with Crippen LogP contribution >= 0.6 is 0 Å². The van der Waals surface area contributed by atoms with Crippen molar-refractivity contribution in [3.8, 4) is 0 Å². The summed E-state index contributed by atoms with van der Waals surface area (Å²) >= 11 is 0. The van der Waals surface area contributed by atoms with E-state index in [0.717, 1.165) is 18.4 Å². The Morgan fingerprint density at radius 1 is 1.12 bits per heavy atom. The molecule has 0 aromatic heterocycles. The third-order valence-corrected chi connectivity index (χ3v) is 4.98. The van der Waals surface area contributed by atoms with Crippen molar-refractivity contribution in [2.24, 2.45) is 5.73 Å². The van der Waals surface area contributed by atoms with Crippen molar-refractivity contribution >= 4 is 17.7 Å². The molecule has 2 heterocycles. The van der Waals surface area contributed by atoms with Crippen LogP contribution in [0.1, 0.15) is 31.2 Å². The molecule has 7 nitrogen and oxygen atoms in total. The van der Waals surface area contributed by atoms with E-state index in [1.165, 1.54) is 0 Å². The van der Waals surface area contributed by atoms with Crippen molar-refractivity contribution in [3.63, 3.8) is 0 Å². The van der Waals surface area contributed by atoms with Crippen LogP contribution in [0.25, 0.3) is 0 Å². The number of fused-ring (bicyclic) bond motifs is 1. The summed E-state index contributed by atoms with van der Waals surface area (Å²) in [5.41, 5.74) is 6.33. The van der Waals surface area contributed by atoms with Gasteiger partial charge in [-0.3, -0.25) is 14.4 Å². The molecule has 2 unspecified atom stereocenters. The number of hydrogen-bond donors (Lipinski definition) is 3. The Bertz CT molecular complexity index is 649. The van der Waals surface area contributed by atoms with E-state index in [0.29, 0.717) is 19.4 Å². The lowest BCUT2D eigenvalue weighted by atomic mass is 9.98. The third-order valence-electron chi connectivity index (χ3n) is 4.98. The molecule has 3 rings (SSSR count). The van der Waals surface area contributed by atoms with E-state index < -0.39 is 12.1 Å². The highest BCUT2D eigenvalue weighted by Crippen LogP contribution is 2.32. The zero-order valence-corrected chi connectivity index (χ0v) is 14.1. The predicted molar refractivity (Wildman–Crippen MR) is 92.2 cm³/mol. The number of benzene rings is 1. The van der Waals surface area contributed by atoms with Gasteiger partial charge in [0.05, 0.1) is 6.54 Å². The number of nitrogens with two attached hydrogens (primary N) is 1. The summed E-state index contributed by atoms with van der Waals surface area (Å²) in [5.74, 6) is -0.651. The first-order valence-electron chi connectivity index (χ1n) is 8.73. The average Bonchev–Trinajstić information content (AvgIpc) is 3.07. The molecule has 0 aliphatic carbocycles. The molecule has 0 spiro atoms. The first-order valence-corrected chi connectivity index (χ1v) is 8.73. The van der Waals surface area contributed by atoms with Crippen molar-refractivity contribution in [2.45, 2.75) is 50.4 Å². The lowest BCUT2D eigenvalue weighted by molar-refractivity contribution is -0.146. The van der Waals surface area contributed by atoms with Gasteiger partial charge in [0, 0.05) is 12.6 Å². The Hall–Kier alpha value is -2.41. The van der Waals surface area contributed by atoms with Crippen LogP contribution in [0.3, 0.4) is 0 Å². The molecule has 0 bridgehead atoms. The highest BCUT2D eigenvalue weighted by atomic mass is 16.2. The Labute approximate surface area is 146 Å². The molecule has 2 aliphatic rings. The van der Waals surface area contributed by atoms with E-state index in [1.807, 2.05) is 30.3 Å². The monoisotopic (exact) mass is 344 g/mol. The van der Waals surface area contributed by atoms with Crippen molar-refractivity contribution in [1.29, 1.82) is 0 Å². The Morgan fingerprint density at radius 3 is 2.56 bits per heavy atom. The number of nitrogens with one attached hydrogen (secondary N) is 2. The minimum Gasteiger partial charge on any atom is -0.350 e. The van der Waals surface area contributed by atoms with E-state index in [2.05, 4.69) is 10.6 Å². The first-order chi connectivity index (χ1) is 12.1. The second-order valence-electron chi connectivity index (χ2n) is 6.60. The van der Waals surface area contributed by atoms with Gasteiger partial charge in [0.1, 0.15) is 12.1 Å². The van der Waals surface area contributed by atoms with E-state index >= 15 is 0 Å². The largest absolute Gasteiger partial charge is 0.350 e. The van der Waals surface area contributed by atoms with Crippen molar-refractivity contribution in [1.82, 2.24) is 15.5 Å². The Balaban J connectivity index is 1.63. The molecule has 25 heavy (non-hydrogen) atoms. The smallest absolute Gasteiger partial charge is 0.246 e. The molecule has 2 aliphatic heterocycles. The van der Waals surface area contributed by atoms with E-state index in [9.17, 15) is 14.4 Å². The molecule has 1 aromatic carbocycles. The van der Waals surface area contributed by atoms with Gasteiger partial charge in [0.25, 0.3) is 0 Å². The summed E-state index contributed by atoms with van der Waals surface area (Å²) in [4.78, 5) is 38.5. The summed E-state index contributed by atoms with van der Waals surface area (Å²) in [6, 6.07) is 8.72. The lowest BCUT2D eigenvalue weighted by Crippen LogP contribution is -2.59. The number of hydrogen-bond acceptors (Lipinski definition) is 4. The van der Waals surface area contributed by atoms with Gasteiger partial charge < -0.3 is 21.3 Å². The van der Waals surface area contributed by atoms with Gasteiger partial charge in [-0.15, -0.1) is 0 Å². The average molecular weight is 344 g/mol. The highest BCUT2D eigenvalue weighted by Gasteiger charge is 2.46. The highest BCUT2D eigenvalue weighted by molar-refractivity contribution is 5.93. The quantitative estimate of drug-likeness (QED) is 0.694. The predicted octanol–water partition coefficient (Wildman–Crippen LogP) is -0.100. The normalized spacial score (nSPS) is 25.4. The summed E-state index contributed by atoms with van der Waals surface area (Å²) in [6.45, 7) is 0.296. The number of amides is 3. The fourth-order valence-corrected chi connectivity index (χ4v) is 3.71. The third kappa shape index (κ3) is 3.82. The maximum Gasteiger partial charge on any atom is 0.246 e. The lowest BCUT2D eigenvalue weighted by Gasteiger charge is -2.37. The number of nitrogens with zero attached hydrogens (tertiary/aromatic N) is 1.